The van der Waals surface area contributed by atoms with Gasteiger partial charge in [0.05, 0.1) is 16.3 Å². The first-order valence-electron chi connectivity index (χ1n) is 10.1. The van der Waals surface area contributed by atoms with Gasteiger partial charge in [-0.2, -0.15) is 9.49 Å². The molecule has 1 fully saturated rings. The molecule has 1 aromatic carbocycles. The average molecular weight is 427 g/mol. The highest BCUT2D eigenvalue weighted by Crippen LogP contribution is 2.46. The molecule has 0 aliphatic carbocycles. The van der Waals surface area contributed by atoms with Crippen molar-refractivity contribution in [2.45, 2.75) is 42.5 Å². The Morgan fingerprint density at radius 3 is 2.63 bits per heavy atom. The number of halogens is 1. The molecule has 0 spiro atoms. The van der Waals surface area contributed by atoms with E-state index >= 15 is 0 Å². The fourth-order valence-electron chi connectivity index (χ4n) is 4.58. The molecule has 6 nitrogen and oxygen atoms in total. The summed E-state index contributed by atoms with van der Waals surface area (Å²) in [6, 6.07) is 8.69. The third-order valence-electron chi connectivity index (χ3n) is 6.11. The van der Waals surface area contributed by atoms with Gasteiger partial charge in [0.15, 0.2) is 9.84 Å². The zero-order valence-corrected chi connectivity index (χ0v) is 17.7. The van der Waals surface area contributed by atoms with Gasteiger partial charge in [0.2, 0.25) is 5.95 Å². The first-order valence-corrected chi connectivity index (χ1v) is 11.6. The van der Waals surface area contributed by atoms with Crippen molar-refractivity contribution >= 4 is 9.84 Å². The van der Waals surface area contributed by atoms with E-state index in [1.165, 1.54) is 12.3 Å². The van der Waals surface area contributed by atoms with Crippen LogP contribution in [0.4, 0.5) is 4.39 Å². The Kier molecular flexibility index (Phi) is 4.52. The SMILES string of the molecule is CC(C)n1cc(CN2C[C@@H]3c4cc(-c5ccc(F)nc5)ccc4S(=O)(=O)[C@H]3C2)cn1. The molecule has 5 rings (SSSR count). The van der Waals surface area contributed by atoms with Crippen molar-refractivity contribution in [1.29, 1.82) is 0 Å². The number of rotatable bonds is 4. The van der Waals surface area contributed by atoms with E-state index in [-0.39, 0.29) is 5.92 Å². The molecule has 0 amide bonds. The van der Waals surface area contributed by atoms with Crippen molar-refractivity contribution < 1.29 is 12.8 Å². The van der Waals surface area contributed by atoms with Gasteiger partial charge in [-0.15, -0.1) is 0 Å². The molecule has 1 saturated heterocycles. The predicted octanol–water partition coefficient (Wildman–Crippen LogP) is 3.42. The first kappa shape index (κ1) is 19.4. The number of sulfone groups is 1. The summed E-state index contributed by atoms with van der Waals surface area (Å²) in [6.45, 7) is 6.05. The lowest BCUT2D eigenvalue weighted by molar-refractivity contribution is 0.325. The molecule has 0 N–H and O–H groups in total. The molecule has 0 saturated carbocycles. The van der Waals surface area contributed by atoms with Gasteiger partial charge in [-0.25, -0.2) is 13.4 Å². The maximum atomic E-state index is 13.2. The van der Waals surface area contributed by atoms with E-state index in [1.54, 1.807) is 18.2 Å². The van der Waals surface area contributed by atoms with Crippen LogP contribution in [0.5, 0.6) is 0 Å². The normalized spacial score (nSPS) is 22.4. The summed E-state index contributed by atoms with van der Waals surface area (Å²) in [5, 5.41) is 3.96. The number of fused-ring (bicyclic) bond motifs is 3. The Bertz CT molecular complexity index is 1200. The predicted molar refractivity (Wildman–Crippen MR) is 111 cm³/mol. The van der Waals surface area contributed by atoms with Gasteiger partial charge in [-0.05, 0) is 49.2 Å². The number of hydrogen-bond acceptors (Lipinski definition) is 5. The topological polar surface area (TPSA) is 68.1 Å². The molecule has 2 aromatic heterocycles. The zero-order valence-electron chi connectivity index (χ0n) is 16.9. The van der Waals surface area contributed by atoms with Crippen LogP contribution >= 0.6 is 0 Å². The molecule has 8 heteroatoms. The Balaban J connectivity index is 1.43. The van der Waals surface area contributed by atoms with Crippen LogP contribution < -0.4 is 0 Å². The van der Waals surface area contributed by atoms with E-state index in [4.69, 9.17) is 0 Å². The van der Waals surface area contributed by atoms with Crippen LogP contribution in [0.15, 0.2) is 53.8 Å². The minimum absolute atomic E-state index is 0.0569. The van der Waals surface area contributed by atoms with Crippen LogP contribution in [0.25, 0.3) is 11.1 Å². The largest absolute Gasteiger partial charge is 0.297 e. The van der Waals surface area contributed by atoms with Gasteiger partial charge in [0.1, 0.15) is 0 Å². The lowest BCUT2D eigenvalue weighted by Crippen LogP contribution is -2.25. The molecule has 30 heavy (non-hydrogen) atoms. The summed E-state index contributed by atoms with van der Waals surface area (Å²) in [5.74, 6) is -0.590. The third kappa shape index (κ3) is 3.15. The molecule has 2 atom stereocenters. The second kappa shape index (κ2) is 6.99. The lowest BCUT2D eigenvalue weighted by atomic mass is 9.95. The number of benzene rings is 1. The van der Waals surface area contributed by atoms with Gasteiger partial charge in [-0.1, -0.05) is 6.07 Å². The van der Waals surface area contributed by atoms with Crippen molar-refractivity contribution in [2.75, 3.05) is 13.1 Å². The number of pyridine rings is 1. The third-order valence-corrected chi connectivity index (χ3v) is 8.37. The van der Waals surface area contributed by atoms with Gasteiger partial charge < -0.3 is 0 Å². The summed E-state index contributed by atoms with van der Waals surface area (Å²) in [6.07, 6.45) is 5.36. The second-order valence-electron chi connectivity index (χ2n) is 8.43. The van der Waals surface area contributed by atoms with E-state index in [2.05, 4.69) is 28.8 Å². The maximum absolute atomic E-state index is 13.2. The number of aromatic nitrogens is 3. The van der Waals surface area contributed by atoms with E-state index < -0.39 is 21.0 Å². The summed E-state index contributed by atoms with van der Waals surface area (Å²) in [5.41, 5.74) is 3.58. The number of nitrogens with zero attached hydrogens (tertiary/aromatic N) is 4. The molecular weight excluding hydrogens is 403 g/mol. The fourth-order valence-corrected chi connectivity index (χ4v) is 6.78. The molecule has 0 radical (unpaired) electrons. The van der Waals surface area contributed by atoms with Crippen molar-refractivity contribution in [2.24, 2.45) is 0 Å². The van der Waals surface area contributed by atoms with E-state index in [9.17, 15) is 12.8 Å². The van der Waals surface area contributed by atoms with Crippen LogP contribution in [-0.2, 0) is 16.4 Å². The quantitative estimate of drug-likeness (QED) is 0.598. The Morgan fingerprint density at radius 1 is 1.13 bits per heavy atom. The van der Waals surface area contributed by atoms with Crippen molar-refractivity contribution in [1.82, 2.24) is 19.7 Å². The van der Waals surface area contributed by atoms with E-state index in [0.717, 1.165) is 22.3 Å². The molecule has 2 aliphatic rings. The highest BCUT2D eigenvalue weighted by atomic mass is 32.2. The van der Waals surface area contributed by atoms with E-state index in [0.29, 0.717) is 30.6 Å². The highest BCUT2D eigenvalue weighted by Gasteiger charge is 2.50. The second-order valence-corrected chi connectivity index (χ2v) is 10.6. The first-order chi connectivity index (χ1) is 14.3. The minimum atomic E-state index is -3.36. The van der Waals surface area contributed by atoms with Crippen molar-refractivity contribution in [3.05, 3.63) is 66.0 Å². The summed E-state index contributed by atoms with van der Waals surface area (Å²) in [4.78, 5) is 6.35. The maximum Gasteiger partial charge on any atom is 0.212 e. The van der Waals surface area contributed by atoms with Gasteiger partial charge in [-0.3, -0.25) is 9.58 Å². The smallest absolute Gasteiger partial charge is 0.212 e. The van der Waals surface area contributed by atoms with Crippen molar-refractivity contribution in [3.63, 3.8) is 0 Å². The van der Waals surface area contributed by atoms with Crippen LogP contribution in [0.3, 0.4) is 0 Å². The monoisotopic (exact) mass is 426 g/mol. The molecule has 0 bridgehead atoms. The molecular formula is C22H23FN4O2S. The number of hydrogen-bond donors (Lipinski definition) is 0. The van der Waals surface area contributed by atoms with Crippen molar-refractivity contribution in [3.8, 4) is 11.1 Å². The number of likely N-dealkylation sites (tertiary alicyclic amines) is 1. The molecule has 3 aromatic rings. The van der Waals surface area contributed by atoms with Crippen LogP contribution in [-0.4, -0.2) is 46.4 Å². The summed E-state index contributed by atoms with van der Waals surface area (Å²) < 4.78 is 41.4. The molecule has 2 aliphatic heterocycles. The Labute approximate surface area is 175 Å². The van der Waals surface area contributed by atoms with Gasteiger partial charge in [0, 0.05) is 55.1 Å². The van der Waals surface area contributed by atoms with Crippen LogP contribution in [0.1, 0.15) is 36.9 Å². The zero-order chi connectivity index (χ0) is 21.0. The summed E-state index contributed by atoms with van der Waals surface area (Å²) >= 11 is 0. The minimum Gasteiger partial charge on any atom is -0.297 e. The van der Waals surface area contributed by atoms with Gasteiger partial charge in [0.25, 0.3) is 0 Å². The lowest BCUT2D eigenvalue weighted by Gasteiger charge is -2.16. The average Bonchev–Trinajstić information content (AvgIpc) is 3.40. The molecule has 0 unspecified atom stereocenters. The summed E-state index contributed by atoms with van der Waals surface area (Å²) in [7, 11) is -3.36. The highest BCUT2D eigenvalue weighted by molar-refractivity contribution is 7.92. The van der Waals surface area contributed by atoms with E-state index in [1.807, 2.05) is 23.1 Å². The molecule has 156 valence electrons. The Morgan fingerprint density at radius 2 is 1.93 bits per heavy atom. The van der Waals surface area contributed by atoms with Gasteiger partial charge >= 0.3 is 0 Å². The van der Waals surface area contributed by atoms with Crippen LogP contribution in [0.2, 0.25) is 0 Å². The van der Waals surface area contributed by atoms with Crippen LogP contribution in [0, 0.1) is 5.95 Å². The standard InChI is InChI=1S/C22H23FN4O2S/c1-14(2)27-11-15(8-25-27)10-26-12-19-18-7-16(17-4-6-22(23)24-9-17)3-5-20(18)30(28,29)21(19)13-26/h3-9,11,14,19,21H,10,12-13H2,1-2H3/t19-,21+/m1/s1. The fraction of sp³-hybridized carbons (Fsp3) is 0.364. The Hall–Kier alpha value is -2.58. The molecule has 4 heterocycles.